The van der Waals surface area contributed by atoms with Crippen LogP contribution in [0.5, 0.6) is 23.0 Å². The number of carbonyl (C=O) groups is 5. The van der Waals surface area contributed by atoms with Crippen molar-refractivity contribution in [3.8, 4) is 23.0 Å². The number of hydroxylamine groups is 2. The van der Waals surface area contributed by atoms with Crippen LogP contribution in [0.15, 0.2) is 54.6 Å². The quantitative estimate of drug-likeness (QED) is 0.155. The molecule has 2 amide bonds. The number of ether oxygens (including phenoxy) is 2. The lowest BCUT2D eigenvalue weighted by atomic mass is 9.77. The summed E-state index contributed by atoms with van der Waals surface area (Å²) in [7, 11) is 0. The van der Waals surface area contributed by atoms with E-state index in [2.05, 4.69) is 0 Å². The molecule has 0 unspecified atom stereocenters. The Morgan fingerprint density at radius 3 is 1.98 bits per heavy atom. The fourth-order valence-electron chi connectivity index (χ4n) is 5.74. The first kappa shape index (κ1) is 28.0. The van der Waals surface area contributed by atoms with Gasteiger partial charge in [0.15, 0.2) is 11.4 Å². The molecule has 11 nitrogen and oxygen atoms in total. The number of imide groups is 1. The van der Waals surface area contributed by atoms with Crippen molar-refractivity contribution in [3.63, 3.8) is 0 Å². The molecule has 0 atom stereocenters. The number of hydrogen-bond donors (Lipinski definition) is 2. The zero-order chi connectivity index (χ0) is 30.3. The maximum Gasteiger partial charge on any atom is 0.340 e. The van der Waals surface area contributed by atoms with Crippen LogP contribution in [-0.2, 0) is 29.6 Å². The maximum atomic E-state index is 13.2. The van der Waals surface area contributed by atoms with E-state index >= 15 is 0 Å². The van der Waals surface area contributed by atoms with Crippen LogP contribution in [0.25, 0.3) is 0 Å². The fourth-order valence-corrected chi connectivity index (χ4v) is 5.74. The van der Waals surface area contributed by atoms with Gasteiger partial charge in [-0.1, -0.05) is 25.0 Å². The Bertz CT molecular complexity index is 1630. The number of hydrogen-bond acceptors (Lipinski definition) is 10. The van der Waals surface area contributed by atoms with Crippen molar-refractivity contribution in [2.75, 3.05) is 0 Å². The van der Waals surface area contributed by atoms with Crippen LogP contribution in [0.2, 0.25) is 0 Å². The lowest BCUT2D eigenvalue weighted by Crippen LogP contribution is -2.32. The SMILES string of the molecule is O=C(CCCCCCC(=O)c1ccc2c(c1)C(=O)OC21c2ccc(O)cc2Oc2cc(O)ccc21)ON1C(=O)CCC1=O. The van der Waals surface area contributed by atoms with Gasteiger partial charge in [0.1, 0.15) is 23.0 Å². The number of phenols is 2. The maximum absolute atomic E-state index is 13.2. The zero-order valence-electron chi connectivity index (χ0n) is 23.0. The molecule has 2 N–H and O–H groups in total. The molecule has 0 aromatic heterocycles. The van der Waals surface area contributed by atoms with E-state index in [-0.39, 0.29) is 60.0 Å². The van der Waals surface area contributed by atoms with Crippen molar-refractivity contribution in [1.82, 2.24) is 5.06 Å². The number of amides is 2. The van der Waals surface area contributed by atoms with Crippen LogP contribution in [0.3, 0.4) is 0 Å². The van der Waals surface area contributed by atoms with Crippen molar-refractivity contribution < 1.29 is 48.5 Å². The first-order valence-corrected chi connectivity index (χ1v) is 14.0. The summed E-state index contributed by atoms with van der Waals surface area (Å²) in [5, 5.41) is 20.7. The van der Waals surface area contributed by atoms with Crippen molar-refractivity contribution in [2.24, 2.45) is 0 Å². The molecule has 0 saturated carbocycles. The van der Waals surface area contributed by atoms with E-state index in [1.54, 1.807) is 24.3 Å². The summed E-state index contributed by atoms with van der Waals surface area (Å²) >= 11 is 0. The molecule has 0 radical (unpaired) electrons. The zero-order valence-corrected chi connectivity index (χ0v) is 23.0. The molecule has 3 aromatic rings. The number of carbonyl (C=O) groups excluding carboxylic acids is 5. The third kappa shape index (κ3) is 4.96. The first-order chi connectivity index (χ1) is 20.7. The van der Waals surface area contributed by atoms with Gasteiger partial charge in [0, 0.05) is 60.1 Å². The Balaban J connectivity index is 1.11. The number of rotatable bonds is 9. The smallest absolute Gasteiger partial charge is 0.340 e. The number of Topliss-reactive ketones (excluding diaryl/α,β-unsaturated/α-hetero) is 1. The topological polar surface area (TPSA) is 157 Å². The second-order valence-electron chi connectivity index (χ2n) is 10.7. The van der Waals surface area contributed by atoms with E-state index in [9.17, 15) is 34.2 Å². The molecule has 220 valence electrons. The highest BCUT2D eigenvalue weighted by molar-refractivity contribution is 6.03. The Labute approximate surface area is 245 Å². The van der Waals surface area contributed by atoms with E-state index in [1.807, 2.05) is 0 Å². The van der Waals surface area contributed by atoms with Crippen LogP contribution < -0.4 is 4.74 Å². The highest BCUT2D eigenvalue weighted by Crippen LogP contribution is 2.57. The number of esters is 1. The van der Waals surface area contributed by atoms with Crippen LogP contribution in [-0.4, -0.2) is 44.8 Å². The second-order valence-corrected chi connectivity index (χ2v) is 10.7. The molecule has 3 aliphatic rings. The van der Waals surface area contributed by atoms with E-state index in [1.165, 1.54) is 30.3 Å². The average Bonchev–Trinajstić information content (AvgIpc) is 3.45. The second kappa shape index (κ2) is 10.9. The molecule has 11 heteroatoms. The summed E-state index contributed by atoms with van der Waals surface area (Å²) < 4.78 is 12.0. The molecule has 1 fully saturated rings. The molecule has 3 aromatic carbocycles. The molecule has 6 rings (SSSR count). The molecular formula is C32H27NO10. The van der Waals surface area contributed by atoms with Crippen LogP contribution in [0.1, 0.15) is 88.8 Å². The summed E-state index contributed by atoms with van der Waals surface area (Å²) in [6, 6.07) is 13.9. The van der Waals surface area contributed by atoms with E-state index < -0.39 is 29.4 Å². The lowest BCUT2D eigenvalue weighted by molar-refractivity contribution is -0.197. The molecule has 43 heavy (non-hydrogen) atoms. The van der Waals surface area contributed by atoms with Gasteiger partial charge in [-0.3, -0.25) is 14.4 Å². The van der Waals surface area contributed by atoms with Gasteiger partial charge < -0.3 is 24.5 Å². The largest absolute Gasteiger partial charge is 0.508 e. The van der Waals surface area contributed by atoms with Gasteiger partial charge in [-0.25, -0.2) is 9.59 Å². The van der Waals surface area contributed by atoms with Gasteiger partial charge in [0.25, 0.3) is 11.8 Å². The van der Waals surface area contributed by atoms with Crippen molar-refractivity contribution in [1.29, 1.82) is 0 Å². The Hall–Kier alpha value is -5.19. The number of fused-ring (bicyclic) bond motifs is 6. The predicted molar refractivity (Wildman–Crippen MR) is 147 cm³/mol. The van der Waals surface area contributed by atoms with E-state index in [0.29, 0.717) is 53.0 Å². The van der Waals surface area contributed by atoms with Crippen molar-refractivity contribution >= 4 is 29.5 Å². The van der Waals surface area contributed by atoms with Gasteiger partial charge in [0.2, 0.25) is 0 Å². The highest BCUT2D eigenvalue weighted by Gasteiger charge is 2.53. The normalized spacial score (nSPS) is 15.9. The molecule has 3 aliphatic heterocycles. The fraction of sp³-hybridized carbons (Fsp3) is 0.281. The monoisotopic (exact) mass is 585 g/mol. The number of aromatic hydroxyl groups is 2. The Morgan fingerprint density at radius 1 is 0.767 bits per heavy atom. The van der Waals surface area contributed by atoms with Gasteiger partial charge in [-0.05, 0) is 43.2 Å². The molecule has 3 heterocycles. The lowest BCUT2D eigenvalue weighted by Gasteiger charge is -2.36. The predicted octanol–water partition coefficient (Wildman–Crippen LogP) is 4.80. The summed E-state index contributed by atoms with van der Waals surface area (Å²) in [5.41, 5.74) is 0.712. The summed E-state index contributed by atoms with van der Waals surface area (Å²) in [6.07, 6.45) is 2.74. The summed E-state index contributed by atoms with van der Waals surface area (Å²) in [6.45, 7) is 0. The number of unbranched alkanes of at least 4 members (excludes halogenated alkanes) is 3. The highest BCUT2D eigenvalue weighted by atomic mass is 16.7. The van der Waals surface area contributed by atoms with Crippen LogP contribution >= 0.6 is 0 Å². The van der Waals surface area contributed by atoms with Crippen LogP contribution in [0.4, 0.5) is 0 Å². The number of ketones is 1. The van der Waals surface area contributed by atoms with E-state index in [0.717, 1.165) is 0 Å². The van der Waals surface area contributed by atoms with Gasteiger partial charge in [-0.15, -0.1) is 5.06 Å². The number of phenolic OH excluding ortho intramolecular Hbond substituents is 2. The first-order valence-electron chi connectivity index (χ1n) is 14.0. The molecule has 1 saturated heterocycles. The minimum Gasteiger partial charge on any atom is -0.508 e. The third-order valence-corrected chi connectivity index (χ3v) is 7.83. The molecular weight excluding hydrogens is 558 g/mol. The van der Waals surface area contributed by atoms with Crippen LogP contribution in [0, 0.1) is 0 Å². The minimum atomic E-state index is -1.39. The molecule has 1 spiro atoms. The molecule has 0 aliphatic carbocycles. The summed E-state index contributed by atoms with van der Waals surface area (Å²) in [4.78, 5) is 66.1. The van der Waals surface area contributed by atoms with Gasteiger partial charge in [0.05, 0.1) is 5.56 Å². The Morgan fingerprint density at radius 2 is 1.35 bits per heavy atom. The Kier molecular flexibility index (Phi) is 7.09. The number of benzene rings is 3. The van der Waals surface area contributed by atoms with Crippen molar-refractivity contribution in [2.45, 2.75) is 57.0 Å². The average molecular weight is 586 g/mol. The third-order valence-electron chi connectivity index (χ3n) is 7.83. The van der Waals surface area contributed by atoms with Gasteiger partial charge >= 0.3 is 11.9 Å². The van der Waals surface area contributed by atoms with E-state index in [4.69, 9.17) is 14.3 Å². The van der Waals surface area contributed by atoms with Crippen molar-refractivity contribution in [3.05, 3.63) is 82.4 Å². The summed E-state index contributed by atoms with van der Waals surface area (Å²) in [5.74, 6) is -2.00. The number of nitrogens with zero attached hydrogens (tertiary/aromatic N) is 1. The molecule has 0 bridgehead atoms. The standard InChI is InChI=1S/C32H27NO10/c34-19-8-11-23-26(16-19)41-27-17-20(35)9-12-24(27)32(23)22-10-7-18(15-21(22)31(40)42-32)25(36)5-3-1-2-4-6-30(39)43-33-28(37)13-14-29(33)38/h7-12,15-17,34-35H,1-6,13-14H2. The van der Waals surface area contributed by atoms with Gasteiger partial charge in [-0.2, -0.15) is 0 Å². The minimum absolute atomic E-state index is 0.0417.